The van der Waals surface area contributed by atoms with Crippen molar-refractivity contribution in [1.82, 2.24) is 9.55 Å². The molecule has 0 saturated carbocycles. The quantitative estimate of drug-likeness (QED) is 0.245. The third-order valence-corrected chi connectivity index (χ3v) is 6.60. The van der Waals surface area contributed by atoms with Crippen LogP contribution in [0.3, 0.4) is 0 Å². The van der Waals surface area contributed by atoms with Crippen LogP contribution in [0.15, 0.2) is 76.7 Å². The lowest BCUT2D eigenvalue weighted by Gasteiger charge is -2.14. The molecule has 4 aromatic rings. The molecule has 0 bridgehead atoms. The SMILES string of the molecule is O=c1c2ccccc2nc(SCc2c(Cl)cccc2Cl)n1Cc1ccccc1Cl. The van der Waals surface area contributed by atoms with Gasteiger partial charge in [-0.05, 0) is 41.5 Å². The van der Waals surface area contributed by atoms with E-state index in [0.29, 0.717) is 43.4 Å². The molecular weight excluding hydrogens is 447 g/mol. The van der Waals surface area contributed by atoms with Gasteiger partial charge in [-0.25, -0.2) is 4.98 Å². The van der Waals surface area contributed by atoms with Crippen molar-refractivity contribution < 1.29 is 0 Å². The Balaban J connectivity index is 1.79. The van der Waals surface area contributed by atoms with Gasteiger partial charge in [-0.2, -0.15) is 0 Å². The van der Waals surface area contributed by atoms with Crippen LogP contribution in [0.5, 0.6) is 0 Å². The summed E-state index contributed by atoms with van der Waals surface area (Å²) in [7, 11) is 0. The third kappa shape index (κ3) is 4.31. The lowest BCUT2D eigenvalue weighted by atomic mass is 10.2. The highest BCUT2D eigenvalue weighted by molar-refractivity contribution is 7.98. The Hall–Kier alpha value is -1.98. The summed E-state index contributed by atoms with van der Waals surface area (Å²) in [6.07, 6.45) is 0. The molecule has 29 heavy (non-hydrogen) atoms. The van der Waals surface area contributed by atoms with Crippen molar-refractivity contribution in [2.24, 2.45) is 0 Å². The van der Waals surface area contributed by atoms with E-state index in [4.69, 9.17) is 39.8 Å². The average Bonchev–Trinajstić information content (AvgIpc) is 2.71. The molecule has 1 aromatic heterocycles. The minimum Gasteiger partial charge on any atom is -0.283 e. The molecule has 0 amide bonds. The summed E-state index contributed by atoms with van der Waals surface area (Å²) < 4.78 is 1.65. The first-order valence-corrected chi connectivity index (χ1v) is 10.9. The van der Waals surface area contributed by atoms with Gasteiger partial charge in [0.15, 0.2) is 5.16 Å². The topological polar surface area (TPSA) is 34.9 Å². The van der Waals surface area contributed by atoms with Crippen LogP contribution in [0.2, 0.25) is 15.1 Å². The number of hydrogen-bond acceptors (Lipinski definition) is 3. The molecule has 4 rings (SSSR count). The van der Waals surface area contributed by atoms with Crippen LogP contribution in [-0.4, -0.2) is 9.55 Å². The Morgan fingerprint density at radius 2 is 1.48 bits per heavy atom. The smallest absolute Gasteiger partial charge is 0.262 e. The number of nitrogens with zero attached hydrogens (tertiary/aromatic N) is 2. The van der Waals surface area contributed by atoms with Crippen molar-refractivity contribution >= 4 is 57.5 Å². The number of benzene rings is 3. The second kappa shape index (κ2) is 8.80. The zero-order valence-corrected chi connectivity index (χ0v) is 18.2. The van der Waals surface area contributed by atoms with Crippen molar-refractivity contribution in [3.05, 3.63) is 103 Å². The first-order valence-electron chi connectivity index (χ1n) is 8.83. The number of hydrogen-bond donors (Lipinski definition) is 0. The number of fused-ring (bicyclic) bond motifs is 1. The van der Waals surface area contributed by atoms with E-state index in [2.05, 4.69) is 0 Å². The van der Waals surface area contributed by atoms with E-state index in [1.165, 1.54) is 11.8 Å². The number of aromatic nitrogens is 2. The van der Waals surface area contributed by atoms with E-state index in [1.807, 2.05) is 42.5 Å². The number of halogens is 3. The number of rotatable bonds is 5. The second-order valence-electron chi connectivity index (χ2n) is 6.38. The molecule has 1 heterocycles. The molecular formula is C22H15Cl3N2OS. The third-order valence-electron chi connectivity index (χ3n) is 4.52. The first kappa shape index (κ1) is 20.3. The summed E-state index contributed by atoms with van der Waals surface area (Å²) in [6.45, 7) is 0.328. The Bertz CT molecular complexity index is 1240. The fourth-order valence-corrected chi connectivity index (χ4v) is 4.94. The molecule has 0 saturated heterocycles. The van der Waals surface area contributed by atoms with Gasteiger partial charge in [-0.3, -0.25) is 9.36 Å². The molecule has 0 N–H and O–H groups in total. The summed E-state index contributed by atoms with van der Waals surface area (Å²) in [4.78, 5) is 18.0. The monoisotopic (exact) mass is 460 g/mol. The summed E-state index contributed by atoms with van der Waals surface area (Å²) in [6, 6.07) is 20.2. The van der Waals surface area contributed by atoms with Crippen LogP contribution in [0.4, 0.5) is 0 Å². The maximum absolute atomic E-state index is 13.2. The first-order chi connectivity index (χ1) is 14.0. The lowest BCUT2D eigenvalue weighted by molar-refractivity contribution is 0.658. The average molecular weight is 462 g/mol. The van der Waals surface area contributed by atoms with Gasteiger partial charge in [0.2, 0.25) is 0 Å². The molecule has 0 aliphatic rings. The molecule has 0 atom stereocenters. The molecule has 3 aromatic carbocycles. The fourth-order valence-electron chi connectivity index (χ4n) is 3.00. The van der Waals surface area contributed by atoms with Gasteiger partial charge < -0.3 is 0 Å². The van der Waals surface area contributed by atoms with Gasteiger partial charge in [-0.1, -0.05) is 83.0 Å². The lowest BCUT2D eigenvalue weighted by Crippen LogP contribution is -2.24. The zero-order valence-electron chi connectivity index (χ0n) is 15.1. The number of para-hydroxylation sites is 1. The Kier molecular flexibility index (Phi) is 6.16. The summed E-state index contributed by atoms with van der Waals surface area (Å²) >= 11 is 20.4. The van der Waals surface area contributed by atoms with E-state index in [1.54, 1.807) is 28.8 Å². The van der Waals surface area contributed by atoms with Crippen molar-refractivity contribution in [2.45, 2.75) is 17.5 Å². The van der Waals surface area contributed by atoms with Crippen LogP contribution in [-0.2, 0) is 12.3 Å². The highest BCUT2D eigenvalue weighted by Crippen LogP contribution is 2.31. The highest BCUT2D eigenvalue weighted by Gasteiger charge is 2.15. The Labute approximate surface area is 187 Å². The molecule has 7 heteroatoms. The predicted molar refractivity (Wildman–Crippen MR) is 123 cm³/mol. The largest absolute Gasteiger partial charge is 0.283 e. The zero-order chi connectivity index (χ0) is 20.4. The van der Waals surface area contributed by atoms with E-state index >= 15 is 0 Å². The molecule has 3 nitrogen and oxygen atoms in total. The van der Waals surface area contributed by atoms with Gasteiger partial charge in [0.25, 0.3) is 5.56 Å². The maximum Gasteiger partial charge on any atom is 0.262 e. The fraction of sp³-hybridized carbons (Fsp3) is 0.0909. The van der Waals surface area contributed by atoms with Crippen molar-refractivity contribution in [3.8, 4) is 0 Å². The molecule has 0 aliphatic heterocycles. The Morgan fingerprint density at radius 3 is 2.24 bits per heavy atom. The number of thioether (sulfide) groups is 1. The van der Waals surface area contributed by atoms with Gasteiger partial charge in [0, 0.05) is 20.8 Å². The molecule has 0 spiro atoms. The maximum atomic E-state index is 13.2. The second-order valence-corrected chi connectivity index (χ2v) is 8.55. The van der Waals surface area contributed by atoms with Crippen LogP contribution in [0, 0.1) is 0 Å². The molecule has 0 aliphatic carbocycles. The van der Waals surface area contributed by atoms with E-state index < -0.39 is 0 Å². The summed E-state index contributed by atoms with van der Waals surface area (Å²) in [5.74, 6) is 0.492. The minimum atomic E-state index is -0.108. The molecule has 0 unspecified atom stereocenters. The van der Waals surface area contributed by atoms with E-state index in [0.717, 1.165) is 11.1 Å². The van der Waals surface area contributed by atoms with Crippen LogP contribution < -0.4 is 5.56 Å². The normalized spacial score (nSPS) is 11.1. The highest BCUT2D eigenvalue weighted by atomic mass is 35.5. The van der Waals surface area contributed by atoms with Crippen LogP contribution >= 0.6 is 46.6 Å². The van der Waals surface area contributed by atoms with Crippen LogP contribution in [0.25, 0.3) is 10.9 Å². The van der Waals surface area contributed by atoms with Gasteiger partial charge >= 0.3 is 0 Å². The van der Waals surface area contributed by atoms with Gasteiger partial charge in [0.05, 0.1) is 17.4 Å². The van der Waals surface area contributed by atoms with E-state index in [9.17, 15) is 4.79 Å². The van der Waals surface area contributed by atoms with E-state index in [-0.39, 0.29) is 5.56 Å². The predicted octanol–water partition coefficient (Wildman–Crippen LogP) is 6.70. The molecule has 146 valence electrons. The van der Waals surface area contributed by atoms with Gasteiger partial charge in [-0.15, -0.1) is 0 Å². The van der Waals surface area contributed by atoms with Crippen molar-refractivity contribution in [2.75, 3.05) is 0 Å². The molecule has 0 radical (unpaired) electrons. The Morgan fingerprint density at radius 1 is 0.828 bits per heavy atom. The summed E-state index contributed by atoms with van der Waals surface area (Å²) in [5, 5.41) is 2.94. The molecule has 0 fully saturated rings. The van der Waals surface area contributed by atoms with Crippen molar-refractivity contribution in [3.63, 3.8) is 0 Å². The van der Waals surface area contributed by atoms with Crippen molar-refractivity contribution in [1.29, 1.82) is 0 Å². The summed E-state index contributed by atoms with van der Waals surface area (Å²) in [5.41, 5.74) is 2.21. The minimum absolute atomic E-state index is 0.108. The standard InChI is InChI=1S/C22H15Cl3N2OS/c23-17-8-3-1-6-14(17)12-27-21(28)15-7-2-4-11-20(15)26-22(27)29-13-16-18(24)9-5-10-19(16)25/h1-11H,12-13H2. The van der Waals surface area contributed by atoms with Crippen LogP contribution in [0.1, 0.15) is 11.1 Å². The van der Waals surface area contributed by atoms with Gasteiger partial charge in [0.1, 0.15) is 0 Å².